The molecule has 0 bridgehead atoms. The Hall–Kier alpha value is -2.46. The van der Waals surface area contributed by atoms with Crippen LogP contribution in [0.5, 0.6) is 11.6 Å². The molecule has 1 atom stereocenters. The lowest BCUT2D eigenvalue weighted by molar-refractivity contribution is 0.461. The average molecular weight is 279 g/mol. The Morgan fingerprint density at radius 3 is 2.81 bits per heavy atom. The van der Waals surface area contributed by atoms with Gasteiger partial charge in [-0.2, -0.15) is 0 Å². The van der Waals surface area contributed by atoms with Crippen molar-refractivity contribution in [2.45, 2.75) is 13.0 Å². The van der Waals surface area contributed by atoms with Crippen LogP contribution in [0.15, 0.2) is 54.9 Å². The smallest absolute Gasteiger partial charge is 0.219 e. The average Bonchev–Trinajstić information content (AvgIpc) is 2.54. The van der Waals surface area contributed by atoms with Gasteiger partial charge < -0.3 is 10.1 Å². The van der Waals surface area contributed by atoms with Crippen molar-refractivity contribution in [1.82, 2.24) is 15.3 Å². The fraction of sp³-hybridized carbons (Fsp3) is 0.176. The minimum absolute atomic E-state index is 0.258. The molecule has 0 spiro atoms. The van der Waals surface area contributed by atoms with Gasteiger partial charge in [0.2, 0.25) is 5.88 Å². The van der Waals surface area contributed by atoms with Crippen LogP contribution < -0.4 is 10.1 Å². The molecule has 1 unspecified atom stereocenters. The monoisotopic (exact) mass is 279 g/mol. The highest BCUT2D eigenvalue weighted by Crippen LogP contribution is 2.25. The van der Waals surface area contributed by atoms with Crippen molar-refractivity contribution in [1.29, 1.82) is 0 Å². The molecule has 4 nitrogen and oxygen atoms in total. The fourth-order valence-corrected chi connectivity index (χ4v) is 2.15. The first kappa shape index (κ1) is 13.5. The third-order valence-electron chi connectivity index (χ3n) is 3.49. The van der Waals surface area contributed by atoms with Crippen molar-refractivity contribution in [3.8, 4) is 11.6 Å². The largest absolute Gasteiger partial charge is 0.439 e. The van der Waals surface area contributed by atoms with Gasteiger partial charge in [-0.3, -0.25) is 4.98 Å². The number of nitrogens with one attached hydrogen (secondary N) is 1. The minimum atomic E-state index is 0.258. The SMILES string of the molecule is CNC(C)c1ccnc(Oc2ccc3cccnc3c2)c1. The fourth-order valence-electron chi connectivity index (χ4n) is 2.15. The Morgan fingerprint density at radius 2 is 1.95 bits per heavy atom. The van der Waals surface area contributed by atoms with E-state index in [9.17, 15) is 0 Å². The van der Waals surface area contributed by atoms with E-state index in [-0.39, 0.29) is 6.04 Å². The first-order chi connectivity index (χ1) is 10.3. The summed E-state index contributed by atoms with van der Waals surface area (Å²) in [5.41, 5.74) is 2.05. The number of ether oxygens (including phenoxy) is 1. The lowest BCUT2D eigenvalue weighted by Crippen LogP contribution is -2.12. The van der Waals surface area contributed by atoms with Gasteiger partial charge in [0.05, 0.1) is 5.52 Å². The topological polar surface area (TPSA) is 47.0 Å². The van der Waals surface area contributed by atoms with E-state index in [1.807, 2.05) is 49.5 Å². The zero-order valence-corrected chi connectivity index (χ0v) is 12.1. The van der Waals surface area contributed by atoms with Gasteiger partial charge in [0, 0.05) is 36.0 Å². The van der Waals surface area contributed by atoms with Crippen LogP contribution in [-0.2, 0) is 0 Å². The number of aromatic nitrogens is 2. The second-order valence-electron chi connectivity index (χ2n) is 4.90. The molecule has 0 amide bonds. The van der Waals surface area contributed by atoms with Crippen molar-refractivity contribution in [3.05, 3.63) is 60.4 Å². The van der Waals surface area contributed by atoms with Crippen molar-refractivity contribution >= 4 is 10.9 Å². The van der Waals surface area contributed by atoms with E-state index in [4.69, 9.17) is 4.74 Å². The Morgan fingerprint density at radius 1 is 1.05 bits per heavy atom. The van der Waals surface area contributed by atoms with E-state index in [0.717, 1.165) is 22.2 Å². The summed E-state index contributed by atoms with van der Waals surface area (Å²) in [5.74, 6) is 1.33. The lowest BCUT2D eigenvalue weighted by atomic mass is 10.1. The maximum Gasteiger partial charge on any atom is 0.219 e. The predicted molar refractivity (Wildman–Crippen MR) is 83.5 cm³/mol. The number of benzene rings is 1. The zero-order chi connectivity index (χ0) is 14.7. The quantitative estimate of drug-likeness (QED) is 0.791. The molecule has 3 rings (SSSR count). The molecule has 4 heteroatoms. The molecule has 3 aromatic rings. The van der Waals surface area contributed by atoms with Gasteiger partial charge in [0.1, 0.15) is 5.75 Å². The molecule has 0 radical (unpaired) electrons. The molecule has 0 saturated carbocycles. The summed E-state index contributed by atoms with van der Waals surface area (Å²) in [5, 5.41) is 4.30. The normalized spacial score (nSPS) is 12.3. The van der Waals surface area contributed by atoms with Crippen LogP contribution >= 0.6 is 0 Å². The first-order valence-corrected chi connectivity index (χ1v) is 6.92. The van der Waals surface area contributed by atoms with Gasteiger partial charge >= 0.3 is 0 Å². The van der Waals surface area contributed by atoms with E-state index in [1.54, 1.807) is 12.4 Å². The first-order valence-electron chi connectivity index (χ1n) is 6.92. The van der Waals surface area contributed by atoms with Gasteiger partial charge in [0.25, 0.3) is 0 Å². The van der Waals surface area contributed by atoms with E-state index >= 15 is 0 Å². The Balaban J connectivity index is 1.87. The highest BCUT2D eigenvalue weighted by molar-refractivity contribution is 5.79. The molecule has 1 aromatic carbocycles. The van der Waals surface area contributed by atoms with Crippen molar-refractivity contribution in [2.75, 3.05) is 7.05 Å². The number of rotatable bonds is 4. The van der Waals surface area contributed by atoms with Crippen LogP contribution in [0, 0.1) is 0 Å². The predicted octanol–water partition coefficient (Wildman–Crippen LogP) is 3.70. The van der Waals surface area contributed by atoms with Gasteiger partial charge in [-0.05, 0) is 43.8 Å². The van der Waals surface area contributed by atoms with Crippen molar-refractivity contribution in [3.63, 3.8) is 0 Å². The second-order valence-corrected chi connectivity index (χ2v) is 4.90. The summed E-state index contributed by atoms with van der Waals surface area (Å²) >= 11 is 0. The van der Waals surface area contributed by atoms with E-state index in [2.05, 4.69) is 22.2 Å². The maximum atomic E-state index is 5.84. The van der Waals surface area contributed by atoms with Gasteiger partial charge in [-0.25, -0.2) is 4.98 Å². The standard InChI is InChI=1S/C17H17N3O/c1-12(18-2)14-7-9-20-17(10-14)21-15-6-5-13-4-3-8-19-16(13)11-15/h3-12,18H,1-2H3. The Bertz CT molecular complexity index is 758. The Kier molecular flexibility index (Phi) is 3.79. The number of fused-ring (bicyclic) bond motifs is 1. The summed E-state index contributed by atoms with van der Waals surface area (Å²) in [6, 6.07) is 14.0. The van der Waals surface area contributed by atoms with Gasteiger partial charge in [0.15, 0.2) is 0 Å². The minimum Gasteiger partial charge on any atom is -0.439 e. The molecule has 2 aromatic heterocycles. The number of pyridine rings is 2. The molecule has 21 heavy (non-hydrogen) atoms. The number of hydrogen-bond donors (Lipinski definition) is 1. The van der Waals surface area contributed by atoms with Gasteiger partial charge in [-0.1, -0.05) is 6.07 Å². The molecule has 1 N–H and O–H groups in total. The van der Waals surface area contributed by atoms with E-state index in [0.29, 0.717) is 5.88 Å². The molecule has 0 fully saturated rings. The number of hydrogen-bond acceptors (Lipinski definition) is 4. The highest BCUT2D eigenvalue weighted by atomic mass is 16.5. The summed E-state index contributed by atoms with van der Waals surface area (Å²) in [6.07, 6.45) is 3.54. The van der Waals surface area contributed by atoms with Crippen LogP contribution in [0.25, 0.3) is 10.9 Å². The van der Waals surface area contributed by atoms with Crippen LogP contribution in [0.3, 0.4) is 0 Å². The van der Waals surface area contributed by atoms with E-state index in [1.165, 1.54) is 0 Å². The summed E-state index contributed by atoms with van der Waals surface area (Å²) in [6.45, 7) is 2.10. The van der Waals surface area contributed by atoms with Gasteiger partial charge in [-0.15, -0.1) is 0 Å². The summed E-state index contributed by atoms with van der Waals surface area (Å²) in [4.78, 5) is 8.59. The molecular weight excluding hydrogens is 262 g/mol. The maximum absolute atomic E-state index is 5.84. The second kappa shape index (κ2) is 5.89. The molecular formula is C17H17N3O. The van der Waals surface area contributed by atoms with Crippen molar-refractivity contribution in [2.24, 2.45) is 0 Å². The van der Waals surface area contributed by atoms with E-state index < -0.39 is 0 Å². The molecule has 0 saturated heterocycles. The molecule has 106 valence electrons. The van der Waals surface area contributed by atoms with Crippen LogP contribution in [0.2, 0.25) is 0 Å². The third kappa shape index (κ3) is 3.01. The van der Waals surface area contributed by atoms with Crippen LogP contribution in [-0.4, -0.2) is 17.0 Å². The number of nitrogens with zero attached hydrogens (tertiary/aromatic N) is 2. The van der Waals surface area contributed by atoms with Crippen LogP contribution in [0.1, 0.15) is 18.5 Å². The van der Waals surface area contributed by atoms with Crippen LogP contribution in [0.4, 0.5) is 0 Å². The highest BCUT2D eigenvalue weighted by Gasteiger charge is 2.06. The molecule has 2 heterocycles. The Labute approximate surface area is 123 Å². The molecule has 0 aliphatic heterocycles. The lowest BCUT2D eigenvalue weighted by Gasteiger charge is -2.12. The zero-order valence-electron chi connectivity index (χ0n) is 12.1. The molecule has 0 aliphatic carbocycles. The van der Waals surface area contributed by atoms with Crippen molar-refractivity contribution < 1.29 is 4.74 Å². The third-order valence-corrected chi connectivity index (χ3v) is 3.49. The summed E-state index contributed by atoms with van der Waals surface area (Å²) in [7, 11) is 1.93. The molecule has 0 aliphatic rings. The summed E-state index contributed by atoms with van der Waals surface area (Å²) < 4.78 is 5.84.